The number of nitrogens with one attached hydrogen (secondary N) is 1. The standard InChI is InChI=1S/C16H17N5O3/c22-15-13-5-1-2-6-14(13)16(23)21(15)24-10-12-9-20(19-18-12)8-11-4-3-7-17-11/h1-2,5-6,9,11,17H,3-4,7-8,10H2/t11-/m0/s1. The van der Waals surface area contributed by atoms with Gasteiger partial charge >= 0.3 is 0 Å². The summed E-state index contributed by atoms with van der Waals surface area (Å²) in [5.41, 5.74) is 1.29. The van der Waals surface area contributed by atoms with Gasteiger partial charge in [-0.05, 0) is 31.5 Å². The molecule has 0 radical (unpaired) electrons. The Labute approximate surface area is 138 Å². The van der Waals surface area contributed by atoms with Gasteiger partial charge in [-0.2, -0.15) is 0 Å². The maximum Gasteiger partial charge on any atom is 0.285 e. The van der Waals surface area contributed by atoms with Crippen LogP contribution < -0.4 is 5.32 Å². The monoisotopic (exact) mass is 327 g/mol. The molecule has 8 heteroatoms. The first-order valence-corrected chi connectivity index (χ1v) is 7.95. The van der Waals surface area contributed by atoms with Gasteiger partial charge in [0.05, 0.1) is 23.9 Å². The van der Waals surface area contributed by atoms with Crippen molar-refractivity contribution < 1.29 is 14.4 Å². The molecular weight excluding hydrogens is 310 g/mol. The molecule has 8 nitrogen and oxygen atoms in total. The predicted octanol–water partition coefficient (Wildman–Crippen LogP) is 0.758. The lowest BCUT2D eigenvalue weighted by atomic mass is 10.1. The molecule has 0 saturated carbocycles. The van der Waals surface area contributed by atoms with Gasteiger partial charge in [0, 0.05) is 6.04 Å². The largest absolute Gasteiger partial charge is 0.312 e. The second-order valence-electron chi connectivity index (χ2n) is 5.95. The summed E-state index contributed by atoms with van der Waals surface area (Å²) in [6, 6.07) is 7.08. The Hall–Kier alpha value is -2.58. The molecule has 1 fully saturated rings. The quantitative estimate of drug-likeness (QED) is 0.816. The molecule has 3 heterocycles. The zero-order chi connectivity index (χ0) is 16.5. The van der Waals surface area contributed by atoms with Crippen molar-refractivity contribution in [3.8, 4) is 0 Å². The van der Waals surface area contributed by atoms with Crippen LogP contribution in [0.1, 0.15) is 39.3 Å². The van der Waals surface area contributed by atoms with E-state index in [1.807, 2.05) is 0 Å². The number of hydroxylamine groups is 2. The number of imide groups is 1. The number of hydrogen-bond acceptors (Lipinski definition) is 6. The van der Waals surface area contributed by atoms with E-state index in [4.69, 9.17) is 4.84 Å². The summed E-state index contributed by atoms with van der Waals surface area (Å²) in [5, 5.41) is 12.3. The van der Waals surface area contributed by atoms with Crippen LogP contribution in [0.5, 0.6) is 0 Å². The lowest BCUT2D eigenvalue weighted by molar-refractivity contribution is -0.102. The van der Waals surface area contributed by atoms with E-state index in [1.54, 1.807) is 35.1 Å². The molecule has 124 valence electrons. The van der Waals surface area contributed by atoms with E-state index in [0.29, 0.717) is 22.9 Å². The third-order valence-corrected chi connectivity index (χ3v) is 4.25. The highest BCUT2D eigenvalue weighted by atomic mass is 16.7. The topological polar surface area (TPSA) is 89.4 Å². The molecule has 1 N–H and O–H groups in total. The minimum absolute atomic E-state index is 0.0174. The second-order valence-corrected chi connectivity index (χ2v) is 5.95. The molecule has 24 heavy (non-hydrogen) atoms. The van der Waals surface area contributed by atoms with E-state index < -0.39 is 11.8 Å². The van der Waals surface area contributed by atoms with E-state index >= 15 is 0 Å². The maximum atomic E-state index is 12.2. The molecular formula is C16H17N5O3. The number of rotatable bonds is 5. The average molecular weight is 327 g/mol. The van der Waals surface area contributed by atoms with Crippen LogP contribution in [-0.4, -0.2) is 44.5 Å². The van der Waals surface area contributed by atoms with Crippen LogP contribution in [0, 0.1) is 0 Å². The van der Waals surface area contributed by atoms with Crippen LogP contribution >= 0.6 is 0 Å². The normalized spacial score (nSPS) is 20.0. The van der Waals surface area contributed by atoms with Crippen molar-refractivity contribution in [3.05, 3.63) is 47.3 Å². The Balaban J connectivity index is 1.38. The molecule has 2 aliphatic rings. The third-order valence-electron chi connectivity index (χ3n) is 4.25. The molecule has 1 aromatic carbocycles. The van der Waals surface area contributed by atoms with Crippen molar-refractivity contribution >= 4 is 11.8 Å². The van der Waals surface area contributed by atoms with Crippen LogP contribution in [0.25, 0.3) is 0 Å². The van der Waals surface area contributed by atoms with Crippen molar-refractivity contribution in [2.45, 2.75) is 32.0 Å². The highest BCUT2D eigenvalue weighted by Gasteiger charge is 2.36. The average Bonchev–Trinajstić information content (AvgIpc) is 3.31. The fourth-order valence-corrected chi connectivity index (χ4v) is 3.05. The number of carbonyl (C=O) groups is 2. The fraction of sp³-hybridized carbons (Fsp3) is 0.375. The van der Waals surface area contributed by atoms with Crippen LogP contribution in [0.4, 0.5) is 0 Å². The molecule has 0 bridgehead atoms. The smallest absolute Gasteiger partial charge is 0.285 e. The number of nitrogens with zero attached hydrogens (tertiary/aromatic N) is 4. The molecule has 1 atom stereocenters. The van der Waals surface area contributed by atoms with Gasteiger partial charge in [-0.3, -0.25) is 19.1 Å². The minimum atomic E-state index is -0.446. The van der Waals surface area contributed by atoms with Crippen LogP contribution in [0.3, 0.4) is 0 Å². The van der Waals surface area contributed by atoms with E-state index in [-0.39, 0.29) is 6.61 Å². The zero-order valence-electron chi connectivity index (χ0n) is 13.0. The maximum absolute atomic E-state index is 12.2. The van der Waals surface area contributed by atoms with E-state index in [2.05, 4.69) is 15.6 Å². The lowest BCUT2D eigenvalue weighted by Crippen LogP contribution is -2.29. The fourth-order valence-electron chi connectivity index (χ4n) is 3.05. The number of carbonyl (C=O) groups excluding carboxylic acids is 2. The summed E-state index contributed by atoms with van der Waals surface area (Å²) < 4.78 is 1.75. The summed E-state index contributed by atoms with van der Waals surface area (Å²) in [5.74, 6) is -0.892. The molecule has 0 spiro atoms. The molecule has 2 aliphatic heterocycles. The summed E-state index contributed by atoms with van der Waals surface area (Å²) >= 11 is 0. The first-order chi connectivity index (χ1) is 11.7. The molecule has 0 unspecified atom stereocenters. The van der Waals surface area contributed by atoms with Crippen LogP contribution in [0.2, 0.25) is 0 Å². The van der Waals surface area contributed by atoms with E-state index in [1.165, 1.54) is 6.42 Å². The number of amides is 2. The number of aromatic nitrogens is 3. The van der Waals surface area contributed by atoms with E-state index in [9.17, 15) is 9.59 Å². The molecule has 1 saturated heterocycles. The van der Waals surface area contributed by atoms with E-state index in [0.717, 1.165) is 24.6 Å². The summed E-state index contributed by atoms with van der Waals surface area (Å²) in [6.07, 6.45) is 4.08. The van der Waals surface area contributed by atoms with Crippen molar-refractivity contribution in [1.82, 2.24) is 25.4 Å². The summed E-state index contributed by atoms with van der Waals surface area (Å²) in [6.45, 7) is 1.80. The van der Waals surface area contributed by atoms with Gasteiger partial charge in [0.15, 0.2) is 0 Å². The highest BCUT2D eigenvalue weighted by molar-refractivity contribution is 6.20. The van der Waals surface area contributed by atoms with Gasteiger partial charge in [0.25, 0.3) is 11.8 Å². The Morgan fingerprint density at radius 1 is 1.21 bits per heavy atom. The number of hydrogen-bond donors (Lipinski definition) is 1. The first kappa shape index (κ1) is 15.0. The predicted molar refractivity (Wildman–Crippen MR) is 82.8 cm³/mol. The second kappa shape index (κ2) is 6.14. The molecule has 1 aromatic heterocycles. The van der Waals surface area contributed by atoms with Gasteiger partial charge in [-0.15, -0.1) is 10.2 Å². The van der Waals surface area contributed by atoms with Gasteiger partial charge in [0.1, 0.15) is 12.3 Å². The third kappa shape index (κ3) is 2.70. The van der Waals surface area contributed by atoms with Crippen LogP contribution in [0.15, 0.2) is 30.5 Å². The van der Waals surface area contributed by atoms with Gasteiger partial charge < -0.3 is 5.32 Å². The molecule has 2 aromatic rings. The number of benzene rings is 1. The molecule has 4 rings (SSSR count). The summed E-state index contributed by atoms with van der Waals surface area (Å²) in [4.78, 5) is 29.8. The lowest BCUT2D eigenvalue weighted by Gasteiger charge is -2.11. The van der Waals surface area contributed by atoms with Crippen molar-refractivity contribution in [2.24, 2.45) is 0 Å². The van der Waals surface area contributed by atoms with Gasteiger partial charge in [-0.1, -0.05) is 17.3 Å². The van der Waals surface area contributed by atoms with Gasteiger partial charge in [-0.25, -0.2) is 0 Å². The first-order valence-electron chi connectivity index (χ1n) is 7.95. The zero-order valence-corrected chi connectivity index (χ0v) is 13.0. The van der Waals surface area contributed by atoms with Gasteiger partial charge in [0.2, 0.25) is 0 Å². The Morgan fingerprint density at radius 3 is 2.62 bits per heavy atom. The Kier molecular flexibility index (Phi) is 3.83. The summed E-state index contributed by atoms with van der Waals surface area (Å²) in [7, 11) is 0. The highest BCUT2D eigenvalue weighted by Crippen LogP contribution is 2.23. The van der Waals surface area contributed by atoms with Crippen LogP contribution in [-0.2, 0) is 18.0 Å². The van der Waals surface area contributed by atoms with Crippen molar-refractivity contribution in [3.63, 3.8) is 0 Å². The van der Waals surface area contributed by atoms with Crippen molar-refractivity contribution in [2.75, 3.05) is 6.54 Å². The molecule has 2 amide bonds. The minimum Gasteiger partial charge on any atom is -0.312 e. The number of fused-ring (bicyclic) bond motifs is 1. The Bertz CT molecular complexity index is 747. The molecule has 0 aliphatic carbocycles. The van der Waals surface area contributed by atoms with Crippen molar-refractivity contribution in [1.29, 1.82) is 0 Å². The SMILES string of the molecule is O=C1c2ccccc2C(=O)N1OCc1cn(C[C@@H]2CCCN2)nn1. The Morgan fingerprint density at radius 2 is 1.96 bits per heavy atom.